The van der Waals surface area contributed by atoms with Crippen molar-refractivity contribution >= 4 is 58.0 Å². The first-order chi connectivity index (χ1) is 12.3. The van der Waals surface area contributed by atoms with Crippen LogP contribution in [0.2, 0.25) is 10.0 Å². The molecule has 3 aliphatic rings. The predicted octanol–water partition coefficient (Wildman–Crippen LogP) is 5.23. The molecule has 5 rings (SSSR count). The summed E-state index contributed by atoms with van der Waals surface area (Å²) in [5.74, 6) is -2.09. The van der Waals surface area contributed by atoms with Crippen LogP contribution < -0.4 is 0 Å². The molecular formula is C20H12Cl4O2. The third kappa shape index (κ3) is 1.97. The van der Waals surface area contributed by atoms with E-state index in [0.717, 1.165) is 11.1 Å². The number of rotatable bonds is 2. The van der Waals surface area contributed by atoms with Gasteiger partial charge in [-0.05, 0) is 35.4 Å². The molecule has 0 N–H and O–H groups in total. The number of halogens is 4. The first-order valence-corrected chi connectivity index (χ1v) is 9.79. The molecule has 0 bridgehead atoms. The average Bonchev–Trinajstić information content (AvgIpc) is 3.46. The van der Waals surface area contributed by atoms with Gasteiger partial charge in [-0.1, -0.05) is 47.5 Å². The second kappa shape index (κ2) is 5.26. The molecule has 0 aromatic heterocycles. The van der Waals surface area contributed by atoms with E-state index in [0.29, 0.717) is 10.0 Å². The molecule has 132 valence electrons. The summed E-state index contributed by atoms with van der Waals surface area (Å²) in [6.45, 7) is 0. The Balaban J connectivity index is 1.52. The Bertz CT molecular complexity index is 875. The molecule has 2 aromatic rings. The van der Waals surface area contributed by atoms with Gasteiger partial charge in [-0.3, -0.25) is 9.59 Å². The highest BCUT2D eigenvalue weighted by atomic mass is 35.5. The number of hydrogen-bond acceptors (Lipinski definition) is 2. The summed E-state index contributed by atoms with van der Waals surface area (Å²) < 4.78 is 0. The van der Waals surface area contributed by atoms with Crippen LogP contribution in [0, 0.1) is 11.8 Å². The van der Waals surface area contributed by atoms with Crippen LogP contribution >= 0.6 is 46.4 Å². The predicted molar refractivity (Wildman–Crippen MR) is 103 cm³/mol. The quantitative estimate of drug-likeness (QED) is 0.617. The van der Waals surface area contributed by atoms with Crippen molar-refractivity contribution < 1.29 is 9.59 Å². The number of Topliss-reactive ketones (excluding diaryl/α,β-unsaturated/α-hetero) is 2. The van der Waals surface area contributed by atoms with E-state index in [4.69, 9.17) is 46.4 Å². The maximum atomic E-state index is 13.2. The summed E-state index contributed by atoms with van der Waals surface area (Å²) in [5.41, 5.74) is 1.70. The van der Waals surface area contributed by atoms with Crippen LogP contribution in [-0.4, -0.2) is 21.3 Å². The zero-order valence-electron chi connectivity index (χ0n) is 13.3. The van der Waals surface area contributed by atoms with E-state index in [1.54, 1.807) is 24.3 Å². The summed E-state index contributed by atoms with van der Waals surface area (Å²) in [4.78, 5) is 24.0. The van der Waals surface area contributed by atoms with Gasteiger partial charge in [-0.15, -0.1) is 23.2 Å². The second-order valence-electron chi connectivity index (χ2n) is 7.28. The fourth-order valence-corrected chi connectivity index (χ4v) is 6.01. The van der Waals surface area contributed by atoms with Gasteiger partial charge in [-0.25, -0.2) is 0 Å². The monoisotopic (exact) mass is 424 g/mol. The molecule has 26 heavy (non-hydrogen) atoms. The lowest BCUT2D eigenvalue weighted by Gasteiger charge is -2.16. The van der Waals surface area contributed by atoms with Gasteiger partial charge in [0.25, 0.3) is 0 Å². The van der Waals surface area contributed by atoms with Crippen LogP contribution in [0.1, 0.15) is 23.0 Å². The van der Waals surface area contributed by atoms with Crippen molar-refractivity contribution in [2.24, 2.45) is 11.8 Å². The minimum Gasteiger partial charge on any atom is -0.297 e. The molecule has 6 heteroatoms. The summed E-state index contributed by atoms with van der Waals surface area (Å²) in [6, 6.07) is 14.2. The number of hydrogen-bond donors (Lipinski definition) is 0. The molecule has 0 spiro atoms. The normalized spacial score (nSPS) is 40.0. The van der Waals surface area contributed by atoms with Crippen LogP contribution in [0.3, 0.4) is 0 Å². The Morgan fingerprint density at radius 3 is 1.19 bits per heavy atom. The molecule has 0 amide bonds. The summed E-state index contributed by atoms with van der Waals surface area (Å²) in [7, 11) is 0. The first-order valence-electron chi connectivity index (χ1n) is 8.28. The van der Waals surface area contributed by atoms with E-state index in [9.17, 15) is 9.59 Å². The lowest BCUT2D eigenvalue weighted by Crippen LogP contribution is -2.37. The number of fused-ring (bicyclic) bond motifs is 2. The molecule has 0 radical (unpaired) electrons. The smallest absolute Gasteiger partial charge is 0.161 e. The Kier molecular flexibility index (Phi) is 3.45. The fourth-order valence-electron chi connectivity index (χ4n) is 4.70. The van der Waals surface area contributed by atoms with Crippen LogP contribution in [0.25, 0.3) is 0 Å². The maximum Gasteiger partial charge on any atom is 0.161 e. The third-order valence-electron chi connectivity index (χ3n) is 6.04. The van der Waals surface area contributed by atoms with Crippen molar-refractivity contribution in [3.63, 3.8) is 0 Å². The Labute approximate surface area is 170 Å². The van der Waals surface area contributed by atoms with Crippen molar-refractivity contribution in [1.29, 1.82) is 0 Å². The lowest BCUT2D eigenvalue weighted by atomic mass is 9.97. The molecule has 0 unspecified atom stereocenters. The summed E-state index contributed by atoms with van der Waals surface area (Å²) in [5, 5.41) is 1.19. The standard InChI is InChI=1S/C20H12Cl4O2/c21-11-5-1-9(2-6-11)13-15-17(25)20(24)14(10-3-7-12(22)8-4-10)16(20)18(26)19(13,15)23/h1-8,13-16H/t13-,14+,15+,16-,19-,20+. The topological polar surface area (TPSA) is 34.1 Å². The van der Waals surface area contributed by atoms with Crippen molar-refractivity contribution in [2.75, 3.05) is 0 Å². The van der Waals surface area contributed by atoms with Gasteiger partial charge < -0.3 is 0 Å². The highest BCUT2D eigenvalue weighted by Crippen LogP contribution is 2.78. The van der Waals surface area contributed by atoms with Gasteiger partial charge in [0.15, 0.2) is 11.6 Å². The van der Waals surface area contributed by atoms with E-state index >= 15 is 0 Å². The second-order valence-corrected chi connectivity index (χ2v) is 9.40. The molecule has 0 heterocycles. The van der Waals surface area contributed by atoms with Gasteiger partial charge in [0.1, 0.15) is 9.75 Å². The minimum atomic E-state index is -1.19. The van der Waals surface area contributed by atoms with E-state index in [-0.39, 0.29) is 23.4 Å². The van der Waals surface area contributed by atoms with Crippen LogP contribution in [-0.2, 0) is 9.59 Å². The molecule has 6 atom stereocenters. The van der Waals surface area contributed by atoms with Gasteiger partial charge in [0, 0.05) is 21.9 Å². The van der Waals surface area contributed by atoms with Gasteiger partial charge in [0.05, 0.1) is 11.8 Å². The Morgan fingerprint density at radius 2 is 0.885 bits per heavy atom. The molecule has 3 saturated carbocycles. The SMILES string of the molecule is O=C1[C@@H]2[C@@H](c3ccc(Cl)cc3)[C@]2(Cl)C(=O)[C@H]2[C@H](c3ccc(Cl)cc3)[C@@]12Cl. The molecule has 3 fully saturated rings. The molecule has 2 aromatic carbocycles. The summed E-state index contributed by atoms with van der Waals surface area (Å²) in [6.07, 6.45) is 0. The fraction of sp³-hybridized carbons (Fsp3) is 0.300. The highest BCUT2D eigenvalue weighted by molar-refractivity contribution is 6.52. The summed E-state index contributed by atoms with van der Waals surface area (Å²) >= 11 is 25.3. The molecule has 2 nitrogen and oxygen atoms in total. The minimum absolute atomic E-state index is 0.126. The number of benzene rings is 2. The lowest BCUT2D eigenvalue weighted by molar-refractivity contribution is -0.129. The largest absolute Gasteiger partial charge is 0.297 e. The molecule has 0 saturated heterocycles. The Morgan fingerprint density at radius 1 is 0.577 bits per heavy atom. The first kappa shape index (κ1) is 17.1. The van der Waals surface area contributed by atoms with Crippen molar-refractivity contribution in [3.05, 3.63) is 69.7 Å². The van der Waals surface area contributed by atoms with Gasteiger partial charge in [-0.2, -0.15) is 0 Å². The average molecular weight is 426 g/mol. The van der Waals surface area contributed by atoms with Crippen molar-refractivity contribution in [1.82, 2.24) is 0 Å². The van der Waals surface area contributed by atoms with E-state index in [1.165, 1.54) is 0 Å². The maximum absolute atomic E-state index is 13.2. The van der Waals surface area contributed by atoms with Crippen LogP contribution in [0.5, 0.6) is 0 Å². The molecule has 0 aliphatic heterocycles. The van der Waals surface area contributed by atoms with E-state index in [1.807, 2.05) is 24.3 Å². The number of alkyl halides is 2. The van der Waals surface area contributed by atoms with Gasteiger partial charge in [0.2, 0.25) is 0 Å². The zero-order chi connectivity index (χ0) is 18.4. The Hall–Kier alpha value is -1.06. The van der Waals surface area contributed by atoms with Crippen molar-refractivity contribution in [3.8, 4) is 0 Å². The van der Waals surface area contributed by atoms with Crippen LogP contribution in [0.4, 0.5) is 0 Å². The molecule has 3 aliphatic carbocycles. The number of ketones is 2. The number of carbonyl (C=O) groups is 2. The number of carbonyl (C=O) groups excluding carboxylic acids is 2. The van der Waals surface area contributed by atoms with Crippen LogP contribution in [0.15, 0.2) is 48.5 Å². The molecular weight excluding hydrogens is 414 g/mol. The van der Waals surface area contributed by atoms with Gasteiger partial charge >= 0.3 is 0 Å². The third-order valence-corrected chi connectivity index (χ3v) is 7.85. The highest BCUT2D eigenvalue weighted by Gasteiger charge is 2.88. The van der Waals surface area contributed by atoms with Crippen molar-refractivity contribution in [2.45, 2.75) is 21.6 Å². The van der Waals surface area contributed by atoms with E-state index in [2.05, 4.69) is 0 Å². The zero-order valence-corrected chi connectivity index (χ0v) is 16.3. The van der Waals surface area contributed by atoms with E-state index < -0.39 is 21.6 Å².